The second-order valence-corrected chi connectivity index (χ2v) is 4.62. The van der Waals surface area contributed by atoms with Crippen molar-refractivity contribution in [2.24, 2.45) is 0 Å². The van der Waals surface area contributed by atoms with Crippen LogP contribution in [0.3, 0.4) is 0 Å². The minimum absolute atomic E-state index is 0.292. The van der Waals surface area contributed by atoms with E-state index < -0.39 is 0 Å². The van der Waals surface area contributed by atoms with E-state index in [1.54, 1.807) is 42.6 Å². The second kappa shape index (κ2) is 5.29. The van der Waals surface area contributed by atoms with Crippen LogP contribution in [-0.2, 0) is 0 Å². The molecule has 0 aliphatic heterocycles. The van der Waals surface area contributed by atoms with Gasteiger partial charge in [0, 0.05) is 10.7 Å². The van der Waals surface area contributed by atoms with Gasteiger partial charge in [-0.05, 0) is 24.3 Å². The Morgan fingerprint density at radius 1 is 1.29 bits per heavy atom. The van der Waals surface area contributed by atoms with Crippen molar-refractivity contribution in [3.8, 4) is 0 Å². The van der Waals surface area contributed by atoms with Crippen LogP contribution in [0, 0.1) is 0 Å². The number of nitrogens with one attached hydrogen (secondary N) is 1. The zero-order chi connectivity index (χ0) is 12.3. The van der Waals surface area contributed by atoms with Crippen LogP contribution in [0.1, 0.15) is 10.5 Å². The third-order valence-corrected chi connectivity index (χ3v) is 2.90. The van der Waals surface area contributed by atoms with E-state index in [0.29, 0.717) is 16.4 Å². The zero-order valence-electron chi connectivity index (χ0n) is 8.65. The van der Waals surface area contributed by atoms with Gasteiger partial charge in [0.05, 0.1) is 10.7 Å². The standard InChI is InChI=1S/C12H8BrClN2O/c13-8-5-6-15-11(7-8)12(17)16-10-4-2-1-3-9(10)14/h1-7H,(H,16,17). The van der Waals surface area contributed by atoms with E-state index in [-0.39, 0.29) is 5.91 Å². The SMILES string of the molecule is O=C(Nc1ccccc1Cl)c1cc(Br)ccn1. The van der Waals surface area contributed by atoms with Gasteiger partial charge in [0.1, 0.15) is 5.69 Å². The van der Waals surface area contributed by atoms with Crippen LogP contribution in [0.5, 0.6) is 0 Å². The summed E-state index contributed by atoms with van der Waals surface area (Å²) in [5.74, 6) is -0.292. The molecule has 1 amide bonds. The maximum absolute atomic E-state index is 11.9. The van der Waals surface area contributed by atoms with E-state index in [1.807, 2.05) is 0 Å². The number of carbonyl (C=O) groups is 1. The number of amides is 1. The molecule has 0 radical (unpaired) electrons. The van der Waals surface area contributed by atoms with Crippen molar-refractivity contribution in [2.45, 2.75) is 0 Å². The molecule has 1 heterocycles. The molecule has 0 saturated carbocycles. The fourth-order valence-corrected chi connectivity index (χ4v) is 1.80. The van der Waals surface area contributed by atoms with Crippen LogP contribution in [0.2, 0.25) is 5.02 Å². The first-order valence-corrected chi connectivity index (χ1v) is 6.01. The maximum atomic E-state index is 11.9. The largest absolute Gasteiger partial charge is 0.319 e. The quantitative estimate of drug-likeness (QED) is 0.918. The van der Waals surface area contributed by atoms with Gasteiger partial charge in [-0.1, -0.05) is 39.7 Å². The summed E-state index contributed by atoms with van der Waals surface area (Å²) in [5, 5.41) is 3.20. The molecule has 5 heteroatoms. The summed E-state index contributed by atoms with van der Waals surface area (Å²) in [6, 6.07) is 10.5. The molecule has 2 rings (SSSR count). The molecule has 3 nitrogen and oxygen atoms in total. The number of carbonyl (C=O) groups excluding carboxylic acids is 1. The van der Waals surface area contributed by atoms with Gasteiger partial charge in [0.2, 0.25) is 0 Å². The summed E-state index contributed by atoms with van der Waals surface area (Å²) in [5.41, 5.74) is 0.903. The lowest BCUT2D eigenvalue weighted by Gasteiger charge is -2.06. The van der Waals surface area contributed by atoms with Crippen molar-refractivity contribution < 1.29 is 4.79 Å². The second-order valence-electron chi connectivity index (χ2n) is 3.29. The fourth-order valence-electron chi connectivity index (χ4n) is 1.28. The van der Waals surface area contributed by atoms with Crippen molar-refractivity contribution in [3.05, 3.63) is 57.8 Å². The van der Waals surface area contributed by atoms with Gasteiger partial charge in [0.25, 0.3) is 5.91 Å². The van der Waals surface area contributed by atoms with Gasteiger partial charge in [-0.2, -0.15) is 0 Å². The number of anilines is 1. The Balaban J connectivity index is 2.20. The molecule has 86 valence electrons. The average Bonchev–Trinajstić information content (AvgIpc) is 2.32. The summed E-state index contributed by atoms with van der Waals surface area (Å²) in [4.78, 5) is 15.8. The Bertz CT molecular complexity index is 560. The topological polar surface area (TPSA) is 42.0 Å². The molecule has 0 bridgehead atoms. The Morgan fingerprint density at radius 2 is 2.06 bits per heavy atom. The molecule has 0 aliphatic rings. The third kappa shape index (κ3) is 3.05. The molecule has 2 aromatic rings. The van der Waals surface area contributed by atoms with E-state index in [2.05, 4.69) is 26.2 Å². The van der Waals surface area contributed by atoms with Crippen LogP contribution >= 0.6 is 27.5 Å². The summed E-state index contributed by atoms with van der Waals surface area (Å²) in [6.07, 6.45) is 1.56. The van der Waals surface area contributed by atoms with Crippen LogP contribution in [0.25, 0.3) is 0 Å². The molecule has 0 spiro atoms. The summed E-state index contributed by atoms with van der Waals surface area (Å²) in [7, 11) is 0. The normalized spacial score (nSPS) is 10.0. The highest BCUT2D eigenvalue weighted by Gasteiger charge is 2.09. The lowest BCUT2D eigenvalue weighted by molar-refractivity contribution is 0.102. The van der Waals surface area contributed by atoms with Crippen LogP contribution in [0.4, 0.5) is 5.69 Å². The minimum Gasteiger partial charge on any atom is -0.319 e. The highest BCUT2D eigenvalue weighted by atomic mass is 79.9. The van der Waals surface area contributed by atoms with Gasteiger partial charge in [-0.25, -0.2) is 0 Å². The fraction of sp³-hybridized carbons (Fsp3) is 0. The molecule has 0 fully saturated rings. The molecular formula is C12H8BrClN2O. The summed E-state index contributed by atoms with van der Waals surface area (Å²) >= 11 is 9.23. The predicted molar refractivity (Wildman–Crippen MR) is 71.3 cm³/mol. The van der Waals surface area contributed by atoms with Crippen molar-refractivity contribution in [1.82, 2.24) is 4.98 Å². The Hall–Kier alpha value is -1.39. The number of hydrogen-bond donors (Lipinski definition) is 1. The lowest BCUT2D eigenvalue weighted by Crippen LogP contribution is -2.13. The van der Waals surface area contributed by atoms with E-state index >= 15 is 0 Å². The van der Waals surface area contributed by atoms with Gasteiger partial charge in [-0.15, -0.1) is 0 Å². The van der Waals surface area contributed by atoms with E-state index in [9.17, 15) is 4.79 Å². The monoisotopic (exact) mass is 310 g/mol. The number of pyridine rings is 1. The van der Waals surface area contributed by atoms with Crippen molar-refractivity contribution in [2.75, 3.05) is 5.32 Å². The van der Waals surface area contributed by atoms with Crippen LogP contribution < -0.4 is 5.32 Å². The van der Waals surface area contributed by atoms with E-state index in [4.69, 9.17) is 11.6 Å². The number of aromatic nitrogens is 1. The number of para-hydroxylation sites is 1. The molecule has 1 aromatic carbocycles. The highest BCUT2D eigenvalue weighted by molar-refractivity contribution is 9.10. The zero-order valence-corrected chi connectivity index (χ0v) is 11.0. The Labute approximate surface area is 112 Å². The number of hydrogen-bond acceptors (Lipinski definition) is 2. The molecule has 0 saturated heterocycles. The molecule has 0 aliphatic carbocycles. The first kappa shape index (κ1) is 12.1. The first-order valence-electron chi connectivity index (χ1n) is 4.84. The highest BCUT2D eigenvalue weighted by Crippen LogP contribution is 2.21. The van der Waals surface area contributed by atoms with Gasteiger partial charge in [-0.3, -0.25) is 9.78 Å². The van der Waals surface area contributed by atoms with Gasteiger partial charge < -0.3 is 5.32 Å². The van der Waals surface area contributed by atoms with Crippen LogP contribution in [-0.4, -0.2) is 10.9 Å². The van der Waals surface area contributed by atoms with E-state index in [1.165, 1.54) is 0 Å². The smallest absolute Gasteiger partial charge is 0.274 e. The van der Waals surface area contributed by atoms with Crippen LogP contribution in [0.15, 0.2) is 47.1 Å². The van der Waals surface area contributed by atoms with Gasteiger partial charge in [0.15, 0.2) is 0 Å². The molecule has 1 aromatic heterocycles. The Kier molecular flexibility index (Phi) is 3.76. The molecule has 0 unspecified atom stereocenters. The minimum atomic E-state index is -0.292. The number of benzene rings is 1. The first-order chi connectivity index (χ1) is 8.16. The number of nitrogens with zero attached hydrogens (tertiary/aromatic N) is 1. The molecule has 0 atom stereocenters. The molecular weight excluding hydrogens is 304 g/mol. The van der Waals surface area contributed by atoms with Gasteiger partial charge >= 0.3 is 0 Å². The third-order valence-electron chi connectivity index (χ3n) is 2.08. The Morgan fingerprint density at radius 3 is 2.76 bits per heavy atom. The number of halogens is 2. The van der Waals surface area contributed by atoms with Crippen molar-refractivity contribution in [1.29, 1.82) is 0 Å². The summed E-state index contributed by atoms with van der Waals surface area (Å²) < 4.78 is 0.803. The van der Waals surface area contributed by atoms with Crippen molar-refractivity contribution in [3.63, 3.8) is 0 Å². The number of rotatable bonds is 2. The summed E-state index contributed by atoms with van der Waals surface area (Å²) in [6.45, 7) is 0. The maximum Gasteiger partial charge on any atom is 0.274 e. The van der Waals surface area contributed by atoms with E-state index in [0.717, 1.165) is 4.47 Å². The molecule has 17 heavy (non-hydrogen) atoms. The lowest BCUT2D eigenvalue weighted by atomic mass is 10.3. The average molecular weight is 312 g/mol. The predicted octanol–water partition coefficient (Wildman–Crippen LogP) is 3.75. The van der Waals surface area contributed by atoms with Crippen molar-refractivity contribution >= 4 is 39.1 Å². The molecule has 1 N–H and O–H groups in total.